The monoisotopic (exact) mass is 294 g/mol. The Bertz CT molecular complexity index is 501. The fraction of sp³-hybridized carbons (Fsp3) is 0.467. The molecular weight excluding hydrogens is 276 g/mol. The zero-order valence-corrected chi connectivity index (χ0v) is 12.5. The van der Waals surface area contributed by atoms with Gasteiger partial charge in [-0.25, -0.2) is 0 Å². The summed E-state index contributed by atoms with van der Waals surface area (Å²) >= 11 is 5.84. The van der Waals surface area contributed by atoms with Crippen molar-refractivity contribution in [3.05, 3.63) is 29.3 Å². The maximum Gasteiger partial charge on any atom is 0.227 e. The molecule has 4 nitrogen and oxygen atoms in total. The summed E-state index contributed by atoms with van der Waals surface area (Å²) in [6.07, 6.45) is 1.15. The zero-order valence-electron chi connectivity index (χ0n) is 11.7. The Kier molecular flexibility index (Phi) is 4.65. The number of nitrogens with one attached hydrogen (secondary N) is 1. The van der Waals surface area contributed by atoms with Gasteiger partial charge in [-0.3, -0.25) is 9.59 Å². The highest BCUT2D eigenvalue weighted by Crippen LogP contribution is 2.26. The smallest absolute Gasteiger partial charge is 0.227 e. The lowest BCUT2D eigenvalue weighted by atomic mass is 10.1. The van der Waals surface area contributed by atoms with E-state index in [0.717, 1.165) is 12.1 Å². The molecule has 1 aromatic carbocycles. The van der Waals surface area contributed by atoms with Crippen LogP contribution in [0, 0.1) is 5.92 Å². The van der Waals surface area contributed by atoms with E-state index in [4.69, 9.17) is 11.6 Å². The highest BCUT2D eigenvalue weighted by molar-refractivity contribution is 6.30. The molecule has 1 heterocycles. The van der Waals surface area contributed by atoms with Gasteiger partial charge in [0.25, 0.3) is 0 Å². The molecule has 0 bridgehead atoms. The molecule has 1 aliphatic heterocycles. The van der Waals surface area contributed by atoms with Crippen LogP contribution >= 0.6 is 11.6 Å². The molecule has 1 aromatic rings. The third kappa shape index (κ3) is 3.31. The van der Waals surface area contributed by atoms with Gasteiger partial charge in [-0.05, 0) is 37.6 Å². The maximum atomic E-state index is 12.1. The predicted octanol–water partition coefficient (Wildman–Crippen LogP) is 2.61. The van der Waals surface area contributed by atoms with E-state index in [9.17, 15) is 9.59 Å². The van der Waals surface area contributed by atoms with Crippen LogP contribution in [0.1, 0.15) is 26.7 Å². The first-order chi connectivity index (χ1) is 9.51. The number of carbonyl (C=O) groups excluding carboxylic acids is 2. The summed E-state index contributed by atoms with van der Waals surface area (Å²) in [5.74, 6) is -0.326. The summed E-state index contributed by atoms with van der Waals surface area (Å²) < 4.78 is 0. The number of benzene rings is 1. The molecule has 1 fully saturated rings. The van der Waals surface area contributed by atoms with Crippen molar-refractivity contribution in [2.24, 2.45) is 5.92 Å². The maximum absolute atomic E-state index is 12.1. The van der Waals surface area contributed by atoms with E-state index >= 15 is 0 Å². The normalized spacial score (nSPS) is 20.1. The minimum atomic E-state index is -0.271. The van der Waals surface area contributed by atoms with Crippen molar-refractivity contribution in [3.63, 3.8) is 0 Å². The van der Waals surface area contributed by atoms with E-state index in [-0.39, 0.29) is 30.2 Å². The number of anilines is 1. The quantitative estimate of drug-likeness (QED) is 0.928. The molecule has 1 aliphatic rings. The van der Waals surface area contributed by atoms with Crippen LogP contribution in [0.4, 0.5) is 5.69 Å². The molecule has 2 rings (SSSR count). The summed E-state index contributed by atoms with van der Waals surface area (Å²) in [5.41, 5.74) is 0.790. The molecule has 2 atom stereocenters. The molecule has 0 aromatic heterocycles. The first kappa shape index (κ1) is 14.9. The third-order valence-electron chi connectivity index (χ3n) is 3.64. The largest absolute Gasteiger partial charge is 0.353 e. The van der Waals surface area contributed by atoms with Crippen molar-refractivity contribution in [2.45, 2.75) is 32.7 Å². The second kappa shape index (κ2) is 6.27. The van der Waals surface area contributed by atoms with Gasteiger partial charge in [0, 0.05) is 29.7 Å². The zero-order chi connectivity index (χ0) is 14.7. The highest BCUT2D eigenvalue weighted by Gasteiger charge is 2.35. The van der Waals surface area contributed by atoms with E-state index in [1.165, 1.54) is 0 Å². The van der Waals surface area contributed by atoms with Gasteiger partial charge in [0.2, 0.25) is 11.8 Å². The van der Waals surface area contributed by atoms with Crippen molar-refractivity contribution in [3.8, 4) is 0 Å². The van der Waals surface area contributed by atoms with Crippen LogP contribution in [0.25, 0.3) is 0 Å². The summed E-state index contributed by atoms with van der Waals surface area (Å²) in [6.45, 7) is 4.42. The van der Waals surface area contributed by atoms with Gasteiger partial charge in [-0.15, -0.1) is 0 Å². The van der Waals surface area contributed by atoms with E-state index in [1.54, 1.807) is 29.2 Å². The number of rotatable bonds is 4. The van der Waals surface area contributed by atoms with E-state index in [2.05, 4.69) is 5.32 Å². The Morgan fingerprint density at radius 3 is 2.70 bits per heavy atom. The lowest BCUT2D eigenvalue weighted by molar-refractivity contribution is -0.126. The minimum Gasteiger partial charge on any atom is -0.353 e. The van der Waals surface area contributed by atoms with Gasteiger partial charge >= 0.3 is 0 Å². The van der Waals surface area contributed by atoms with Crippen molar-refractivity contribution >= 4 is 29.1 Å². The Labute approximate surface area is 124 Å². The first-order valence-corrected chi connectivity index (χ1v) is 7.25. The Morgan fingerprint density at radius 1 is 1.45 bits per heavy atom. The lowest BCUT2D eigenvalue weighted by Gasteiger charge is -2.18. The highest BCUT2D eigenvalue weighted by atomic mass is 35.5. The lowest BCUT2D eigenvalue weighted by Crippen LogP contribution is -2.38. The SMILES string of the molecule is CC[C@@H](C)NC(=O)[C@H]1CC(=O)N(c2ccc(Cl)cc2)C1. The van der Waals surface area contributed by atoms with Crippen LogP contribution in [-0.4, -0.2) is 24.4 Å². The van der Waals surface area contributed by atoms with Crippen LogP contribution < -0.4 is 10.2 Å². The molecule has 20 heavy (non-hydrogen) atoms. The molecular formula is C15H19ClN2O2. The number of hydrogen-bond donors (Lipinski definition) is 1. The van der Waals surface area contributed by atoms with Crippen molar-refractivity contribution < 1.29 is 9.59 Å². The molecule has 2 amide bonds. The van der Waals surface area contributed by atoms with Crippen molar-refractivity contribution in [2.75, 3.05) is 11.4 Å². The Hall–Kier alpha value is -1.55. The van der Waals surface area contributed by atoms with E-state index in [1.807, 2.05) is 13.8 Å². The summed E-state index contributed by atoms with van der Waals surface area (Å²) in [5, 5.41) is 3.57. The number of amides is 2. The Balaban J connectivity index is 2.03. The van der Waals surface area contributed by atoms with Gasteiger partial charge in [-0.2, -0.15) is 0 Å². The predicted molar refractivity (Wildman–Crippen MR) is 79.8 cm³/mol. The molecule has 1 saturated heterocycles. The molecule has 0 spiro atoms. The summed E-state index contributed by atoms with van der Waals surface area (Å²) in [7, 11) is 0. The van der Waals surface area contributed by atoms with Gasteiger partial charge in [0.1, 0.15) is 0 Å². The van der Waals surface area contributed by atoms with Gasteiger partial charge in [-0.1, -0.05) is 18.5 Å². The molecule has 1 N–H and O–H groups in total. The van der Waals surface area contributed by atoms with Crippen LogP contribution in [0.2, 0.25) is 5.02 Å². The van der Waals surface area contributed by atoms with E-state index in [0.29, 0.717) is 11.6 Å². The van der Waals surface area contributed by atoms with Crippen molar-refractivity contribution in [1.82, 2.24) is 5.32 Å². The third-order valence-corrected chi connectivity index (χ3v) is 3.89. The number of halogens is 1. The molecule has 0 aliphatic carbocycles. The standard InChI is InChI=1S/C15H19ClN2O2/c1-3-10(2)17-15(20)11-8-14(19)18(9-11)13-6-4-12(16)5-7-13/h4-7,10-11H,3,8-9H2,1-2H3,(H,17,20)/t10-,11+/m1/s1. The molecule has 108 valence electrons. The van der Waals surface area contributed by atoms with Gasteiger partial charge < -0.3 is 10.2 Å². The summed E-state index contributed by atoms with van der Waals surface area (Å²) in [6, 6.07) is 7.24. The fourth-order valence-corrected chi connectivity index (χ4v) is 2.34. The van der Waals surface area contributed by atoms with Crippen LogP contribution in [-0.2, 0) is 9.59 Å². The average Bonchev–Trinajstić information content (AvgIpc) is 2.81. The van der Waals surface area contributed by atoms with E-state index < -0.39 is 0 Å². The molecule has 0 unspecified atom stereocenters. The van der Waals surface area contributed by atoms with Gasteiger partial charge in [0.15, 0.2) is 0 Å². The van der Waals surface area contributed by atoms with Crippen molar-refractivity contribution in [1.29, 1.82) is 0 Å². The number of carbonyl (C=O) groups is 2. The number of nitrogens with zero attached hydrogens (tertiary/aromatic N) is 1. The topological polar surface area (TPSA) is 49.4 Å². The Morgan fingerprint density at radius 2 is 2.10 bits per heavy atom. The number of hydrogen-bond acceptors (Lipinski definition) is 2. The average molecular weight is 295 g/mol. The van der Waals surface area contributed by atoms with Gasteiger partial charge in [0.05, 0.1) is 5.92 Å². The molecule has 0 radical (unpaired) electrons. The second-order valence-electron chi connectivity index (χ2n) is 5.20. The second-order valence-corrected chi connectivity index (χ2v) is 5.64. The first-order valence-electron chi connectivity index (χ1n) is 6.87. The van der Waals surface area contributed by atoms with Crippen LogP contribution in [0.15, 0.2) is 24.3 Å². The summed E-state index contributed by atoms with van der Waals surface area (Å²) in [4.78, 5) is 25.8. The van der Waals surface area contributed by atoms with Crippen LogP contribution in [0.3, 0.4) is 0 Å². The molecule has 0 saturated carbocycles. The fourth-order valence-electron chi connectivity index (χ4n) is 2.22. The minimum absolute atomic E-state index is 0.0170. The molecule has 5 heteroatoms. The van der Waals surface area contributed by atoms with Crippen LogP contribution in [0.5, 0.6) is 0 Å².